The van der Waals surface area contributed by atoms with Crippen LogP contribution >= 0.6 is 0 Å². The first-order valence-electron chi connectivity index (χ1n) is 10.8. The molecule has 2 aliphatic rings. The van der Waals surface area contributed by atoms with Gasteiger partial charge in [0.05, 0.1) is 30.7 Å². The van der Waals surface area contributed by atoms with Gasteiger partial charge in [0.1, 0.15) is 11.9 Å². The third kappa shape index (κ3) is 3.14. The molecule has 3 rings (SSSR count). The van der Waals surface area contributed by atoms with Crippen LogP contribution in [0.1, 0.15) is 64.5 Å². The Kier molecular flexibility index (Phi) is 6.25. The summed E-state index contributed by atoms with van der Waals surface area (Å²) in [6.07, 6.45) is 3.78. The van der Waals surface area contributed by atoms with Crippen LogP contribution in [0.2, 0.25) is 0 Å². The zero-order valence-electron chi connectivity index (χ0n) is 18.3. The molecular weight excluding hydrogens is 392 g/mol. The minimum absolute atomic E-state index is 0.373. The maximum absolute atomic E-state index is 10.1. The zero-order chi connectivity index (χ0) is 22.7. The number of nitriles is 3. The Morgan fingerprint density at radius 1 is 1.03 bits per heavy atom. The number of nitrogens with one attached hydrogen (secondary N) is 1. The number of unbranched alkanes of at least 4 members (excludes halogenated alkanes) is 3. The third-order valence-electron chi connectivity index (χ3n) is 6.75. The fraction of sp³-hybridized carbons (Fsp3) is 0.583. The second kappa shape index (κ2) is 8.58. The molecule has 1 aromatic rings. The van der Waals surface area contributed by atoms with Crippen molar-refractivity contribution in [1.82, 2.24) is 0 Å². The summed E-state index contributed by atoms with van der Waals surface area (Å²) in [5.41, 5.74) is -3.07. The van der Waals surface area contributed by atoms with E-state index >= 15 is 0 Å². The van der Waals surface area contributed by atoms with Gasteiger partial charge in [0.15, 0.2) is 5.41 Å². The SMILES string of the molecule is CCCCCCOc1ccc(C2OC3(CC)OC(=N)C(C#N)(C3C)C2(C#N)C#N)cc1. The van der Waals surface area contributed by atoms with E-state index in [1.54, 1.807) is 31.2 Å². The second-order valence-electron chi connectivity index (χ2n) is 8.25. The summed E-state index contributed by atoms with van der Waals surface area (Å²) in [5.74, 6) is -1.56. The number of benzene rings is 1. The molecule has 1 N–H and O–H groups in total. The zero-order valence-corrected chi connectivity index (χ0v) is 18.3. The summed E-state index contributed by atoms with van der Waals surface area (Å²) in [7, 11) is 0. The average molecular weight is 421 g/mol. The molecule has 2 fully saturated rings. The van der Waals surface area contributed by atoms with E-state index in [1.165, 1.54) is 12.8 Å². The van der Waals surface area contributed by atoms with Crippen LogP contribution in [0.5, 0.6) is 5.75 Å². The van der Waals surface area contributed by atoms with Crippen LogP contribution in [-0.2, 0) is 9.47 Å². The molecule has 2 heterocycles. The Hall–Kier alpha value is -3.08. The summed E-state index contributed by atoms with van der Waals surface area (Å²) in [6.45, 7) is 6.34. The molecule has 0 aromatic heterocycles. The van der Waals surface area contributed by atoms with Crippen LogP contribution in [0.25, 0.3) is 0 Å². The molecule has 2 aliphatic heterocycles. The highest BCUT2D eigenvalue weighted by Crippen LogP contribution is 2.66. The van der Waals surface area contributed by atoms with E-state index in [1.807, 2.05) is 19.1 Å². The average Bonchev–Trinajstić information content (AvgIpc) is 2.95. The highest BCUT2D eigenvalue weighted by Gasteiger charge is 2.78. The van der Waals surface area contributed by atoms with Crippen molar-refractivity contribution in [3.63, 3.8) is 0 Å². The quantitative estimate of drug-likeness (QED) is 0.590. The van der Waals surface area contributed by atoms with Gasteiger partial charge in [-0.15, -0.1) is 0 Å². The van der Waals surface area contributed by atoms with E-state index in [2.05, 4.69) is 13.0 Å². The van der Waals surface area contributed by atoms with Crippen molar-refractivity contribution in [3.8, 4) is 24.0 Å². The molecule has 2 saturated heterocycles. The van der Waals surface area contributed by atoms with Crippen LogP contribution in [0, 0.1) is 56.2 Å². The predicted molar refractivity (Wildman–Crippen MR) is 113 cm³/mol. The van der Waals surface area contributed by atoms with Crippen molar-refractivity contribution in [2.45, 2.75) is 64.8 Å². The van der Waals surface area contributed by atoms with Crippen LogP contribution in [0.15, 0.2) is 24.3 Å². The van der Waals surface area contributed by atoms with Gasteiger partial charge in [0.25, 0.3) is 0 Å². The molecule has 7 nitrogen and oxygen atoms in total. The summed E-state index contributed by atoms with van der Waals surface area (Å²) in [4.78, 5) is 0. The monoisotopic (exact) mass is 420 g/mol. The molecule has 162 valence electrons. The number of hydrogen-bond donors (Lipinski definition) is 1. The maximum Gasteiger partial charge on any atom is 0.217 e. The number of ether oxygens (including phenoxy) is 3. The van der Waals surface area contributed by atoms with E-state index in [0.717, 1.165) is 12.8 Å². The Labute approximate surface area is 183 Å². The molecule has 1 aromatic carbocycles. The van der Waals surface area contributed by atoms with Crippen molar-refractivity contribution in [2.24, 2.45) is 16.7 Å². The topological polar surface area (TPSA) is 123 Å². The van der Waals surface area contributed by atoms with Crippen LogP contribution in [-0.4, -0.2) is 18.3 Å². The van der Waals surface area contributed by atoms with Crippen LogP contribution in [0.3, 0.4) is 0 Å². The van der Waals surface area contributed by atoms with Crippen molar-refractivity contribution in [2.75, 3.05) is 6.61 Å². The third-order valence-corrected chi connectivity index (χ3v) is 6.75. The molecule has 0 saturated carbocycles. The lowest BCUT2D eigenvalue weighted by atomic mass is 9.53. The van der Waals surface area contributed by atoms with Crippen molar-refractivity contribution >= 4 is 5.90 Å². The van der Waals surface area contributed by atoms with E-state index in [-0.39, 0.29) is 5.90 Å². The van der Waals surface area contributed by atoms with Gasteiger partial charge >= 0.3 is 0 Å². The van der Waals surface area contributed by atoms with Crippen molar-refractivity contribution < 1.29 is 14.2 Å². The molecule has 2 bridgehead atoms. The molecule has 4 atom stereocenters. The lowest BCUT2D eigenvalue weighted by molar-refractivity contribution is -0.280. The summed E-state index contributed by atoms with van der Waals surface area (Å²) in [5, 5.41) is 38.8. The van der Waals surface area contributed by atoms with Gasteiger partial charge in [0.2, 0.25) is 17.1 Å². The van der Waals surface area contributed by atoms with Gasteiger partial charge in [0, 0.05) is 6.42 Å². The van der Waals surface area contributed by atoms with Crippen molar-refractivity contribution in [3.05, 3.63) is 29.8 Å². The number of nitrogens with zero attached hydrogens (tertiary/aromatic N) is 3. The molecule has 31 heavy (non-hydrogen) atoms. The largest absolute Gasteiger partial charge is 0.494 e. The number of rotatable bonds is 8. The highest BCUT2D eigenvalue weighted by molar-refractivity contribution is 5.89. The lowest BCUT2D eigenvalue weighted by Crippen LogP contribution is -2.58. The standard InChI is InChI=1S/C24H28N4O3/c1-4-6-7-8-13-29-19-11-9-18(10-12-19)20-22(14-25,15-26)23(16-27)17(3)24(5-2,30-20)31-21(23)28/h9-12,17,20,28H,4-8,13H2,1-3H3. The Bertz CT molecular complexity index is 941. The van der Waals surface area contributed by atoms with Gasteiger partial charge in [-0.3, -0.25) is 5.41 Å². The first kappa shape index (κ1) is 22.6. The Morgan fingerprint density at radius 3 is 2.26 bits per heavy atom. The summed E-state index contributed by atoms with van der Waals surface area (Å²) < 4.78 is 17.8. The lowest BCUT2D eigenvalue weighted by Gasteiger charge is -2.48. The van der Waals surface area contributed by atoms with Gasteiger partial charge in [-0.2, -0.15) is 15.8 Å². The van der Waals surface area contributed by atoms with Gasteiger partial charge in [-0.1, -0.05) is 52.2 Å². The number of fused-ring (bicyclic) bond motifs is 2. The summed E-state index contributed by atoms with van der Waals surface area (Å²) in [6, 6.07) is 13.3. The highest BCUT2D eigenvalue weighted by atomic mass is 16.7. The predicted octanol–water partition coefficient (Wildman–Crippen LogP) is 5.01. The first-order chi connectivity index (χ1) is 14.9. The van der Waals surface area contributed by atoms with Crippen molar-refractivity contribution in [1.29, 1.82) is 21.2 Å². The number of hydrogen-bond acceptors (Lipinski definition) is 7. The minimum atomic E-state index is -1.92. The normalized spacial score (nSPS) is 30.5. The smallest absolute Gasteiger partial charge is 0.217 e. The molecule has 0 aliphatic carbocycles. The molecule has 0 spiro atoms. The Balaban J connectivity index is 1.95. The first-order valence-corrected chi connectivity index (χ1v) is 10.8. The van der Waals surface area contributed by atoms with E-state index < -0.39 is 28.6 Å². The van der Waals surface area contributed by atoms with Gasteiger partial charge < -0.3 is 14.2 Å². The van der Waals surface area contributed by atoms with Crippen LogP contribution < -0.4 is 4.74 Å². The molecule has 0 amide bonds. The van der Waals surface area contributed by atoms with E-state index in [9.17, 15) is 15.8 Å². The van der Waals surface area contributed by atoms with Gasteiger partial charge in [-0.05, 0) is 24.1 Å². The fourth-order valence-electron chi connectivity index (χ4n) is 4.80. The second-order valence-corrected chi connectivity index (χ2v) is 8.25. The van der Waals surface area contributed by atoms with Crippen LogP contribution in [0.4, 0.5) is 0 Å². The molecule has 4 unspecified atom stereocenters. The summed E-state index contributed by atoms with van der Waals surface area (Å²) >= 11 is 0. The maximum atomic E-state index is 10.1. The fourth-order valence-corrected chi connectivity index (χ4v) is 4.80. The molecular formula is C24H28N4O3. The molecule has 0 radical (unpaired) electrons. The minimum Gasteiger partial charge on any atom is -0.494 e. The molecule has 7 heteroatoms. The van der Waals surface area contributed by atoms with E-state index in [0.29, 0.717) is 24.3 Å². The van der Waals surface area contributed by atoms with Gasteiger partial charge in [-0.25, -0.2) is 0 Å². The Morgan fingerprint density at radius 2 is 1.71 bits per heavy atom. The van der Waals surface area contributed by atoms with E-state index in [4.69, 9.17) is 19.6 Å².